The number of amides is 1. The van der Waals surface area contributed by atoms with E-state index in [1.807, 2.05) is 33.9 Å². The van der Waals surface area contributed by atoms with Gasteiger partial charge in [0.2, 0.25) is 0 Å². The molecule has 24 heavy (non-hydrogen) atoms. The molecule has 6 heteroatoms. The van der Waals surface area contributed by atoms with Crippen molar-refractivity contribution in [2.24, 2.45) is 0 Å². The molecule has 2 saturated heterocycles. The van der Waals surface area contributed by atoms with E-state index in [0.29, 0.717) is 26.3 Å². The van der Waals surface area contributed by atoms with Gasteiger partial charge in [-0.1, -0.05) is 0 Å². The summed E-state index contributed by atoms with van der Waals surface area (Å²) in [6, 6.07) is 5.82. The van der Waals surface area contributed by atoms with Crippen LogP contribution in [0.3, 0.4) is 0 Å². The second-order valence-electron chi connectivity index (χ2n) is 6.49. The molecule has 0 N–H and O–H groups in total. The molecule has 2 aliphatic rings. The molecule has 1 atom stereocenters. The lowest BCUT2D eigenvalue weighted by molar-refractivity contribution is -0.188. The Balaban J connectivity index is 1.30. The van der Waals surface area contributed by atoms with Gasteiger partial charge in [-0.25, -0.2) is 0 Å². The van der Waals surface area contributed by atoms with E-state index in [4.69, 9.17) is 9.47 Å². The van der Waals surface area contributed by atoms with Crippen molar-refractivity contribution >= 4 is 17.2 Å². The van der Waals surface area contributed by atoms with Crippen molar-refractivity contribution in [3.63, 3.8) is 0 Å². The fraction of sp³-hybridized carbons (Fsp3) is 0.444. The fourth-order valence-electron chi connectivity index (χ4n) is 3.40. The highest BCUT2D eigenvalue weighted by Crippen LogP contribution is 2.36. The van der Waals surface area contributed by atoms with Crippen LogP contribution >= 0.6 is 11.3 Å². The van der Waals surface area contributed by atoms with Crippen molar-refractivity contribution < 1.29 is 14.3 Å². The largest absolute Gasteiger partial charge is 0.373 e. The topological polar surface area (TPSA) is 51.7 Å². The Morgan fingerprint density at radius 1 is 1.38 bits per heavy atom. The van der Waals surface area contributed by atoms with E-state index in [-0.39, 0.29) is 17.6 Å². The standard InChI is InChI=1S/C18H20N2O3S/c21-17(15-4-8-24-11-15)20-12-18(13-20)9-16(3-7-23-18)22-10-14-1-5-19-6-2-14/h1-2,4-6,8,11,16H,3,7,9-10,12-13H2. The maximum absolute atomic E-state index is 12.3. The van der Waals surface area contributed by atoms with Gasteiger partial charge in [0.15, 0.2) is 0 Å². The zero-order valence-corrected chi connectivity index (χ0v) is 14.2. The quantitative estimate of drug-likeness (QED) is 0.856. The van der Waals surface area contributed by atoms with E-state index in [2.05, 4.69) is 4.98 Å². The van der Waals surface area contributed by atoms with Gasteiger partial charge in [-0.3, -0.25) is 9.78 Å². The van der Waals surface area contributed by atoms with E-state index in [0.717, 1.165) is 24.0 Å². The Hall–Kier alpha value is -1.76. The molecule has 0 bridgehead atoms. The molecule has 1 spiro atoms. The third-order valence-electron chi connectivity index (χ3n) is 4.70. The number of pyridine rings is 1. The van der Waals surface area contributed by atoms with Crippen molar-refractivity contribution in [3.05, 3.63) is 52.5 Å². The highest BCUT2D eigenvalue weighted by atomic mass is 32.1. The minimum atomic E-state index is -0.215. The summed E-state index contributed by atoms with van der Waals surface area (Å²) in [5.74, 6) is 0.102. The van der Waals surface area contributed by atoms with Crippen molar-refractivity contribution in [1.82, 2.24) is 9.88 Å². The predicted octanol–water partition coefficient (Wildman–Crippen LogP) is 2.73. The summed E-state index contributed by atoms with van der Waals surface area (Å²) in [7, 11) is 0. The number of rotatable bonds is 4. The van der Waals surface area contributed by atoms with Crippen molar-refractivity contribution in [2.75, 3.05) is 19.7 Å². The summed E-state index contributed by atoms with van der Waals surface area (Å²) in [4.78, 5) is 18.2. The van der Waals surface area contributed by atoms with Gasteiger partial charge in [-0.15, -0.1) is 0 Å². The minimum absolute atomic E-state index is 0.102. The van der Waals surface area contributed by atoms with Gasteiger partial charge in [0, 0.05) is 30.8 Å². The minimum Gasteiger partial charge on any atom is -0.373 e. The zero-order valence-electron chi connectivity index (χ0n) is 13.4. The van der Waals surface area contributed by atoms with E-state index in [1.165, 1.54) is 0 Å². The molecule has 2 aromatic rings. The number of hydrogen-bond acceptors (Lipinski definition) is 5. The van der Waals surface area contributed by atoms with Crippen LogP contribution in [0.1, 0.15) is 28.8 Å². The van der Waals surface area contributed by atoms with Crippen LogP contribution in [0, 0.1) is 0 Å². The van der Waals surface area contributed by atoms with Crippen LogP contribution in [-0.2, 0) is 16.1 Å². The number of likely N-dealkylation sites (tertiary alicyclic amines) is 1. The first kappa shape index (κ1) is 15.7. The molecule has 2 aromatic heterocycles. The molecule has 4 rings (SSSR count). The fourth-order valence-corrected chi connectivity index (χ4v) is 4.03. The molecule has 2 fully saturated rings. The number of hydrogen-bond donors (Lipinski definition) is 0. The molecule has 0 aliphatic carbocycles. The monoisotopic (exact) mass is 344 g/mol. The van der Waals surface area contributed by atoms with Gasteiger partial charge in [-0.2, -0.15) is 11.3 Å². The Bertz CT molecular complexity index is 684. The molecule has 1 amide bonds. The van der Waals surface area contributed by atoms with Crippen LogP contribution < -0.4 is 0 Å². The van der Waals surface area contributed by atoms with Crippen molar-refractivity contribution in [2.45, 2.75) is 31.2 Å². The van der Waals surface area contributed by atoms with Gasteiger partial charge in [-0.05, 0) is 35.6 Å². The number of nitrogens with zero attached hydrogens (tertiary/aromatic N) is 2. The molecular formula is C18H20N2O3S. The van der Waals surface area contributed by atoms with Crippen LogP contribution in [0.25, 0.3) is 0 Å². The average Bonchev–Trinajstić information content (AvgIpc) is 3.13. The van der Waals surface area contributed by atoms with Gasteiger partial charge < -0.3 is 14.4 Å². The SMILES string of the molecule is O=C(c1ccsc1)N1CC2(CC(OCc3ccncc3)CCO2)C1. The summed E-state index contributed by atoms with van der Waals surface area (Å²) < 4.78 is 12.1. The molecule has 0 saturated carbocycles. The smallest absolute Gasteiger partial charge is 0.254 e. The molecule has 126 valence electrons. The van der Waals surface area contributed by atoms with E-state index in [1.54, 1.807) is 23.7 Å². The second kappa shape index (κ2) is 6.63. The normalized spacial score (nSPS) is 22.3. The molecule has 0 aromatic carbocycles. The number of aromatic nitrogens is 1. The van der Waals surface area contributed by atoms with Crippen LogP contribution in [0.2, 0.25) is 0 Å². The zero-order chi connectivity index (χ0) is 16.4. The van der Waals surface area contributed by atoms with Gasteiger partial charge in [0.05, 0.1) is 31.4 Å². The molecular weight excluding hydrogens is 324 g/mol. The lowest BCUT2D eigenvalue weighted by Crippen LogP contribution is -2.67. The first-order valence-electron chi connectivity index (χ1n) is 8.20. The molecule has 0 radical (unpaired) electrons. The lowest BCUT2D eigenvalue weighted by atomic mass is 9.84. The van der Waals surface area contributed by atoms with Crippen LogP contribution in [0.5, 0.6) is 0 Å². The van der Waals surface area contributed by atoms with E-state index >= 15 is 0 Å². The molecule has 2 aliphatic heterocycles. The number of thiophene rings is 1. The maximum atomic E-state index is 12.3. The first-order chi connectivity index (χ1) is 11.7. The average molecular weight is 344 g/mol. The summed E-state index contributed by atoms with van der Waals surface area (Å²) in [5.41, 5.74) is 1.69. The van der Waals surface area contributed by atoms with Crippen molar-refractivity contribution in [1.29, 1.82) is 0 Å². The molecule has 4 heterocycles. The van der Waals surface area contributed by atoms with Crippen LogP contribution in [0.4, 0.5) is 0 Å². The van der Waals surface area contributed by atoms with E-state index in [9.17, 15) is 4.79 Å². The Morgan fingerprint density at radius 3 is 2.96 bits per heavy atom. The summed E-state index contributed by atoms with van der Waals surface area (Å²) in [5, 5.41) is 3.83. The summed E-state index contributed by atoms with van der Waals surface area (Å²) >= 11 is 1.55. The Morgan fingerprint density at radius 2 is 2.21 bits per heavy atom. The van der Waals surface area contributed by atoms with Gasteiger partial charge in [0.25, 0.3) is 5.91 Å². The number of carbonyl (C=O) groups excluding carboxylic acids is 1. The highest BCUT2D eigenvalue weighted by Gasteiger charge is 2.49. The summed E-state index contributed by atoms with van der Waals surface area (Å²) in [6.45, 7) is 2.62. The Labute approximate surface area is 145 Å². The van der Waals surface area contributed by atoms with Crippen molar-refractivity contribution in [3.8, 4) is 0 Å². The number of ether oxygens (including phenoxy) is 2. The van der Waals surface area contributed by atoms with Crippen LogP contribution in [0.15, 0.2) is 41.4 Å². The Kier molecular flexibility index (Phi) is 4.35. The van der Waals surface area contributed by atoms with Crippen LogP contribution in [-0.4, -0.2) is 47.2 Å². The number of carbonyl (C=O) groups is 1. The van der Waals surface area contributed by atoms with E-state index < -0.39 is 0 Å². The predicted molar refractivity (Wildman–Crippen MR) is 91.0 cm³/mol. The third-order valence-corrected chi connectivity index (χ3v) is 5.38. The third kappa shape index (κ3) is 3.22. The summed E-state index contributed by atoms with van der Waals surface area (Å²) in [6.07, 6.45) is 5.51. The highest BCUT2D eigenvalue weighted by molar-refractivity contribution is 7.08. The first-order valence-corrected chi connectivity index (χ1v) is 9.14. The molecule has 1 unspecified atom stereocenters. The maximum Gasteiger partial charge on any atom is 0.254 e. The van der Waals surface area contributed by atoms with Gasteiger partial charge in [0.1, 0.15) is 5.60 Å². The van der Waals surface area contributed by atoms with Gasteiger partial charge >= 0.3 is 0 Å². The second-order valence-corrected chi connectivity index (χ2v) is 7.27. The lowest BCUT2D eigenvalue weighted by Gasteiger charge is -2.52. The molecule has 5 nitrogen and oxygen atoms in total.